The Morgan fingerprint density at radius 2 is 1.63 bits per heavy atom. The molecule has 3 aromatic rings. The van der Waals surface area contributed by atoms with Gasteiger partial charge in [0, 0.05) is 12.1 Å². The molecular formula is C20H21N3O3S. The number of benzene rings is 2. The predicted molar refractivity (Wildman–Crippen MR) is 102 cm³/mol. The Bertz CT molecular complexity index is 1040. The quantitative estimate of drug-likeness (QED) is 0.683. The molecule has 1 aliphatic rings. The molecule has 0 amide bonds. The topological polar surface area (TPSA) is 76.3 Å². The van der Waals surface area contributed by atoms with Gasteiger partial charge in [-0.25, -0.2) is 8.42 Å². The van der Waals surface area contributed by atoms with Crippen molar-refractivity contribution >= 4 is 10.0 Å². The van der Waals surface area contributed by atoms with Crippen LogP contribution in [0, 0.1) is 13.8 Å². The largest absolute Gasteiger partial charge is 0.337 e. The summed E-state index contributed by atoms with van der Waals surface area (Å²) >= 11 is 0. The van der Waals surface area contributed by atoms with E-state index in [1.165, 1.54) is 4.31 Å². The normalized spacial score (nSPS) is 18.1. The van der Waals surface area contributed by atoms with Gasteiger partial charge in [0.25, 0.3) is 0 Å². The number of hydrogen-bond donors (Lipinski definition) is 0. The van der Waals surface area contributed by atoms with Gasteiger partial charge in [0.15, 0.2) is 0 Å². The number of hydrogen-bond acceptors (Lipinski definition) is 5. The number of rotatable bonds is 4. The summed E-state index contributed by atoms with van der Waals surface area (Å²) in [6.07, 6.45) is 1.43. The van der Waals surface area contributed by atoms with Crippen molar-refractivity contribution in [2.75, 3.05) is 6.54 Å². The van der Waals surface area contributed by atoms with Crippen LogP contribution < -0.4 is 0 Å². The molecule has 6 nitrogen and oxygen atoms in total. The van der Waals surface area contributed by atoms with Crippen LogP contribution in [-0.2, 0) is 10.0 Å². The van der Waals surface area contributed by atoms with E-state index in [0.717, 1.165) is 23.1 Å². The highest BCUT2D eigenvalue weighted by atomic mass is 32.2. The molecule has 2 heterocycles. The van der Waals surface area contributed by atoms with E-state index in [2.05, 4.69) is 10.1 Å². The standard InChI is InChI=1S/C20H21N3O3S/c1-14-5-9-16(10-6-14)19-21-20(26-22-19)18-4-3-13-23(18)27(24,25)17-11-7-15(2)8-12-17/h5-12,18H,3-4,13H2,1-2H3/t18-/m0/s1. The molecule has 1 atom stereocenters. The maximum absolute atomic E-state index is 13.1. The second kappa shape index (κ2) is 6.90. The van der Waals surface area contributed by atoms with Gasteiger partial charge in [-0.1, -0.05) is 52.7 Å². The molecule has 1 saturated heterocycles. The van der Waals surface area contributed by atoms with Gasteiger partial charge in [0.1, 0.15) is 6.04 Å². The smallest absolute Gasteiger partial charge is 0.245 e. The lowest BCUT2D eigenvalue weighted by Crippen LogP contribution is -2.30. The molecule has 1 aromatic heterocycles. The maximum Gasteiger partial charge on any atom is 0.245 e. The molecule has 0 unspecified atom stereocenters. The fraction of sp³-hybridized carbons (Fsp3) is 0.300. The second-order valence-electron chi connectivity index (χ2n) is 6.91. The fourth-order valence-corrected chi connectivity index (χ4v) is 4.96. The molecule has 0 N–H and O–H groups in total. The molecule has 0 radical (unpaired) electrons. The summed E-state index contributed by atoms with van der Waals surface area (Å²) in [6, 6.07) is 14.3. The predicted octanol–water partition coefficient (Wildman–Crippen LogP) is 3.88. The highest BCUT2D eigenvalue weighted by molar-refractivity contribution is 7.89. The number of aromatic nitrogens is 2. The highest BCUT2D eigenvalue weighted by Gasteiger charge is 2.39. The first-order chi connectivity index (χ1) is 12.9. The van der Waals surface area contributed by atoms with Gasteiger partial charge in [-0.15, -0.1) is 0 Å². The van der Waals surface area contributed by atoms with Crippen molar-refractivity contribution in [2.45, 2.75) is 37.6 Å². The Morgan fingerprint density at radius 3 is 2.30 bits per heavy atom. The SMILES string of the molecule is Cc1ccc(-c2noc([C@@H]3CCCN3S(=O)(=O)c3ccc(C)cc3)n2)cc1. The summed E-state index contributed by atoms with van der Waals surface area (Å²) in [7, 11) is -3.61. The number of nitrogens with zero attached hydrogens (tertiary/aromatic N) is 3. The van der Waals surface area contributed by atoms with Crippen molar-refractivity contribution in [1.29, 1.82) is 0 Å². The summed E-state index contributed by atoms with van der Waals surface area (Å²) in [5, 5.41) is 4.05. The van der Waals surface area contributed by atoms with Gasteiger partial charge in [0.2, 0.25) is 21.7 Å². The van der Waals surface area contributed by atoms with Crippen LogP contribution in [0.5, 0.6) is 0 Å². The van der Waals surface area contributed by atoms with Crippen LogP contribution in [0.4, 0.5) is 0 Å². The van der Waals surface area contributed by atoms with E-state index in [4.69, 9.17) is 4.52 Å². The first-order valence-corrected chi connectivity index (χ1v) is 10.4. The summed E-state index contributed by atoms with van der Waals surface area (Å²) in [5.74, 6) is 0.823. The zero-order valence-corrected chi connectivity index (χ0v) is 16.1. The Morgan fingerprint density at radius 1 is 1.00 bits per heavy atom. The zero-order valence-electron chi connectivity index (χ0n) is 15.3. The minimum absolute atomic E-state index is 0.290. The van der Waals surface area contributed by atoms with E-state index in [1.54, 1.807) is 24.3 Å². The summed E-state index contributed by atoms with van der Waals surface area (Å²) in [5.41, 5.74) is 3.02. The van der Waals surface area contributed by atoms with Gasteiger partial charge >= 0.3 is 0 Å². The molecular weight excluding hydrogens is 362 g/mol. The third-order valence-corrected chi connectivity index (χ3v) is 6.79. The molecule has 4 rings (SSSR count). The minimum Gasteiger partial charge on any atom is -0.337 e. The van der Waals surface area contributed by atoms with Crippen molar-refractivity contribution in [3.63, 3.8) is 0 Å². The van der Waals surface area contributed by atoms with Gasteiger partial charge in [-0.2, -0.15) is 9.29 Å². The van der Waals surface area contributed by atoms with Gasteiger partial charge in [-0.05, 0) is 38.8 Å². The van der Waals surface area contributed by atoms with Crippen LogP contribution in [0.2, 0.25) is 0 Å². The number of sulfonamides is 1. The molecule has 0 spiro atoms. The summed E-state index contributed by atoms with van der Waals surface area (Å²) < 4.78 is 33.1. The third-order valence-electron chi connectivity index (χ3n) is 4.87. The van der Waals surface area contributed by atoms with Gasteiger partial charge in [-0.3, -0.25) is 0 Å². The van der Waals surface area contributed by atoms with E-state index in [0.29, 0.717) is 29.6 Å². The third kappa shape index (κ3) is 3.40. The van der Waals surface area contributed by atoms with E-state index in [1.807, 2.05) is 38.1 Å². The van der Waals surface area contributed by atoms with Crippen LogP contribution in [-0.4, -0.2) is 29.4 Å². The van der Waals surface area contributed by atoms with E-state index in [-0.39, 0.29) is 0 Å². The molecule has 0 saturated carbocycles. The van der Waals surface area contributed by atoms with Crippen LogP contribution in [0.1, 0.15) is 35.9 Å². The molecule has 0 aliphatic carbocycles. The van der Waals surface area contributed by atoms with E-state index >= 15 is 0 Å². The van der Waals surface area contributed by atoms with Crippen LogP contribution in [0.3, 0.4) is 0 Å². The lowest BCUT2D eigenvalue weighted by Gasteiger charge is -2.21. The Balaban J connectivity index is 1.64. The molecule has 1 fully saturated rings. The molecule has 0 bridgehead atoms. The second-order valence-corrected chi connectivity index (χ2v) is 8.80. The Labute approximate surface area is 158 Å². The van der Waals surface area contributed by atoms with Crippen LogP contribution in [0.25, 0.3) is 11.4 Å². The van der Waals surface area contributed by atoms with Gasteiger partial charge < -0.3 is 4.52 Å². The van der Waals surface area contributed by atoms with Crippen molar-refractivity contribution < 1.29 is 12.9 Å². The van der Waals surface area contributed by atoms with Crippen molar-refractivity contribution in [3.8, 4) is 11.4 Å². The first kappa shape index (κ1) is 17.9. The lowest BCUT2D eigenvalue weighted by atomic mass is 10.1. The minimum atomic E-state index is -3.61. The van der Waals surface area contributed by atoms with E-state index in [9.17, 15) is 8.42 Å². The monoisotopic (exact) mass is 383 g/mol. The van der Waals surface area contributed by atoms with Crippen molar-refractivity contribution in [2.24, 2.45) is 0 Å². The molecule has 27 heavy (non-hydrogen) atoms. The molecule has 140 valence electrons. The van der Waals surface area contributed by atoms with Crippen LogP contribution >= 0.6 is 0 Å². The van der Waals surface area contributed by atoms with Crippen molar-refractivity contribution in [3.05, 3.63) is 65.5 Å². The highest BCUT2D eigenvalue weighted by Crippen LogP contribution is 2.36. The Kier molecular flexibility index (Phi) is 4.57. The zero-order chi connectivity index (χ0) is 19.0. The van der Waals surface area contributed by atoms with E-state index < -0.39 is 16.1 Å². The number of aryl methyl sites for hydroxylation is 2. The summed E-state index contributed by atoms with van der Waals surface area (Å²) in [6.45, 7) is 4.39. The van der Waals surface area contributed by atoms with Crippen molar-refractivity contribution in [1.82, 2.24) is 14.4 Å². The summed E-state index contributed by atoms with van der Waals surface area (Å²) in [4.78, 5) is 4.77. The van der Waals surface area contributed by atoms with Crippen LogP contribution in [0.15, 0.2) is 57.9 Å². The average Bonchev–Trinajstić information content (AvgIpc) is 3.32. The fourth-order valence-electron chi connectivity index (χ4n) is 3.31. The maximum atomic E-state index is 13.1. The molecule has 7 heteroatoms. The van der Waals surface area contributed by atoms with Gasteiger partial charge in [0.05, 0.1) is 4.90 Å². The first-order valence-electron chi connectivity index (χ1n) is 8.94. The Hall–Kier alpha value is -2.51. The molecule has 1 aliphatic heterocycles. The molecule has 2 aromatic carbocycles. The lowest BCUT2D eigenvalue weighted by molar-refractivity contribution is 0.290. The average molecular weight is 383 g/mol.